The lowest BCUT2D eigenvalue weighted by Gasteiger charge is -2.20. The molecule has 0 nitrogen and oxygen atoms in total. The van der Waals surface area contributed by atoms with Gasteiger partial charge in [-0.3, -0.25) is 0 Å². The molecule has 0 spiro atoms. The summed E-state index contributed by atoms with van der Waals surface area (Å²) in [6.07, 6.45) is 0. The average molecular weight is 613 g/mol. The average Bonchev–Trinajstić information content (AvgIpc) is 3.52. The van der Waals surface area contributed by atoms with Crippen LogP contribution in [0.4, 0.5) is 0 Å². The Morgan fingerprint density at radius 2 is 0.702 bits per heavy atom. The first-order valence-corrected chi connectivity index (χ1v) is 17.0. The number of fused-ring (bicyclic) bond motifs is 8. The van der Waals surface area contributed by atoms with E-state index in [4.69, 9.17) is 0 Å². The number of hydrogen-bond acceptors (Lipinski definition) is 1. The number of hydrogen-bond donors (Lipinski definition) is 0. The van der Waals surface area contributed by atoms with Crippen LogP contribution in [0.1, 0.15) is 0 Å². The summed E-state index contributed by atoms with van der Waals surface area (Å²) >= 11 is 1.90. The molecule has 0 aliphatic heterocycles. The van der Waals surface area contributed by atoms with Crippen molar-refractivity contribution in [3.05, 3.63) is 170 Å². The molecule has 0 bridgehead atoms. The third-order valence-electron chi connectivity index (χ3n) is 9.86. The van der Waals surface area contributed by atoms with Crippen LogP contribution in [0.15, 0.2) is 170 Å². The summed E-state index contributed by atoms with van der Waals surface area (Å²) in [5.41, 5.74) is 7.66. The molecule has 0 N–H and O–H groups in total. The van der Waals surface area contributed by atoms with Crippen LogP contribution in [-0.4, -0.2) is 0 Å². The highest BCUT2D eigenvalue weighted by Crippen LogP contribution is 2.49. The molecule has 0 atom stereocenters. The van der Waals surface area contributed by atoms with Gasteiger partial charge in [-0.25, -0.2) is 0 Å². The van der Waals surface area contributed by atoms with Gasteiger partial charge in [0.25, 0.3) is 0 Å². The molecule has 0 saturated heterocycles. The van der Waals surface area contributed by atoms with E-state index < -0.39 is 0 Å². The standard InChI is InChI=1S/C46H28S/c1-2-14-29(15-3-1)30-26-27-39(32-17-5-4-16-31(30)32)44-35-20-8-10-22-37(35)45(38-23-11-9-21-36(38)44)41-28-43-46(34-19-7-6-18-33(34)41)40-24-12-13-25-42(40)47-43/h1-28H. The van der Waals surface area contributed by atoms with Crippen LogP contribution in [0.2, 0.25) is 0 Å². The highest BCUT2D eigenvalue weighted by Gasteiger charge is 2.21. The molecule has 0 saturated carbocycles. The van der Waals surface area contributed by atoms with Crippen LogP contribution in [0.25, 0.3) is 96.6 Å². The van der Waals surface area contributed by atoms with Gasteiger partial charge in [-0.2, -0.15) is 0 Å². The molecule has 0 aliphatic carbocycles. The van der Waals surface area contributed by atoms with Crippen LogP contribution in [0.3, 0.4) is 0 Å². The molecule has 0 fully saturated rings. The zero-order valence-electron chi connectivity index (χ0n) is 25.6. The molecular formula is C46H28S. The quantitative estimate of drug-likeness (QED) is 0.174. The van der Waals surface area contributed by atoms with E-state index in [1.54, 1.807) is 0 Å². The van der Waals surface area contributed by atoms with Gasteiger partial charge in [0.1, 0.15) is 0 Å². The van der Waals surface area contributed by atoms with E-state index in [1.807, 2.05) is 11.3 Å². The molecule has 218 valence electrons. The first-order chi connectivity index (χ1) is 23.3. The predicted octanol–water partition coefficient (Wildman–Crippen LogP) is 13.7. The zero-order valence-corrected chi connectivity index (χ0v) is 26.4. The second-order valence-electron chi connectivity index (χ2n) is 12.4. The van der Waals surface area contributed by atoms with Gasteiger partial charge in [0.2, 0.25) is 0 Å². The first kappa shape index (κ1) is 26.5. The molecule has 0 aliphatic rings. The molecule has 1 heterocycles. The number of rotatable bonds is 3. The molecule has 47 heavy (non-hydrogen) atoms. The fourth-order valence-electron chi connectivity index (χ4n) is 7.89. The minimum Gasteiger partial charge on any atom is -0.135 e. The first-order valence-electron chi connectivity index (χ1n) is 16.2. The van der Waals surface area contributed by atoms with Crippen molar-refractivity contribution in [3.63, 3.8) is 0 Å². The van der Waals surface area contributed by atoms with Gasteiger partial charge in [0.05, 0.1) is 0 Å². The van der Waals surface area contributed by atoms with Crippen LogP contribution in [0.5, 0.6) is 0 Å². The number of thiophene rings is 1. The zero-order chi connectivity index (χ0) is 30.9. The summed E-state index contributed by atoms with van der Waals surface area (Å²) in [4.78, 5) is 0. The molecule has 9 aromatic carbocycles. The Morgan fingerprint density at radius 1 is 0.277 bits per heavy atom. The van der Waals surface area contributed by atoms with E-state index in [-0.39, 0.29) is 0 Å². The van der Waals surface area contributed by atoms with Crippen LogP contribution >= 0.6 is 11.3 Å². The topological polar surface area (TPSA) is 0 Å². The van der Waals surface area contributed by atoms with E-state index in [1.165, 1.54) is 96.6 Å². The number of benzene rings is 9. The Labute approximate surface area is 276 Å². The van der Waals surface area contributed by atoms with Gasteiger partial charge in [0, 0.05) is 20.2 Å². The molecule has 0 radical (unpaired) electrons. The van der Waals surface area contributed by atoms with Crippen molar-refractivity contribution in [1.82, 2.24) is 0 Å². The van der Waals surface area contributed by atoms with Crippen molar-refractivity contribution < 1.29 is 0 Å². The molecular weight excluding hydrogens is 585 g/mol. The lowest BCUT2D eigenvalue weighted by atomic mass is 9.82. The van der Waals surface area contributed by atoms with E-state index in [9.17, 15) is 0 Å². The van der Waals surface area contributed by atoms with Crippen LogP contribution < -0.4 is 0 Å². The second-order valence-corrected chi connectivity index (χ2v) is 13.4. The Kier molecular flexibility index (Phi) is 5.85. The van der Waals surface area contributed by atoms with Gasteiger partial charge >= 0.3 is 0 Å². The largest absolute Gasteiger partial charge is 0.135 e. The van der Waals surface area contributed by atoms with Crippen LogP contribution in [0, 0.1) is 0 Å². The molecule has 10 aromatic rings. The molecule has 10 rings (SSSR count). The third-order valence-corrected chi connectivity index (χ3v) is 11.0. The van der Waals surface area contributed by atoms with Crippen molar-refractivity contribution in [1.29, 1.82) is 0 Å². The van der Waals surface area contributed by atoms with Crippen molar-refractivity contribution in [2.45, 2.75) is 0 Å². The molecule has 0 amide bonds. The third kappa shape index (κ3) is 3.94. The summed E-state index contributed by atoms with van der Waals surface area (Å²) in [5.74, 6) is 0. The van der Waals surface area contributed by atoms with E-state index in [2.05, 4.69) is 170 Å². The predicted molar refractivity (Wildman–Crippen MR) is 206 cm³/mol. The minimum absolute atomic E-state index is 1.24. The van der Waals surface area contributed by atoms with Crippen molar-refractivity contribution in [2.24, 2.45) is 0 Å². The summed E-state index contributed by atoms with van der Waals surface area (Å²) in [7, 11) is 0. The van der Waals surface area contributed by atoms with E-state index >= 15 is 0 Å². The summed E-state index contributed by atoms with van der Waals surface area (Å²) in [5, 5.41) is 13.0. The normalized spacial score (nSPS) is 11.8. The molecule has 1 heteroatoms. The Hall–Kier alpha value is -5.76. The Bertz CT molecular complexity index is 2780. The Morgan fingerprint density at radius 3 is 1.32 bits per heavy atom. The lowest BCUT2D eigenvalue weighted by Crippen LogP contribution is -1.93. The monoisotopic (exact) mass is 612 g/mol. The van der Waals surface area contributed by atoms with Crippen molar-refractivity contribution >= 4 is 74.6 Å². The molecule has 0 unspecified atom stereocenters. The summed E-state index contributed by atoms with van der Waals surface area (Å²) in [6, 6.07) is 62.6. The lowest BCUT2D eigenvalue weighted by molar-refractivity contribution is 1.64. The van der Waals surface area contributed by atoms with Crippen molar-refractivity contribution in [3.8, 4) is 33.4 Å². The fraction of sp³-hybridized carbons (Fsp3) is 0. The highest BCUT2D eigenvalue weighted by molar-refractivity contribution is 7.26. The minimum atomic E-state index is 1.24. The summed E-state index contributed by atoms with van der Waals surface area (Å²) < 4.78 is 2.67. The highest BCUT2D eigenvalue weighted by atomic mass is 32.1. The van der Waals surface area contributed by atoms with Gasteiger partial charge in [-0.05, 0) is 88.6 Å². The maximum Gasteiger partial charge on any atom is 0.0368 e. The maximum absolute atomic E-state index is 2.46. The van der Waals surface area contributed by atoms with Gasteiger partial charge < -0.3 is 0 Å². The van der Waals surface area contributed by atoms with E-state index in [0.29, 0.717) is 0 Å². The SMILES string of the molecule is c1ccc(-c2ccc(-c3c4ccccc4c(-c4cc5sc6ccccc6c5c5ccccc45)c4ccccc34)c3ccccc23)cc1. The smallest absolute Gasteiger partial charge is 0.0368 e. The fourth-order valence-corrected chi connectivity index (χ4v) is 9.05. The van der Waals surface area contributed by atoms with E-state index in [0.717, 1.165) is 0 Å². The van der Waals surface area contributed by atoms with Crippen LogP contribution in [-0.2, 0) is 0 Å². The molecule has 1 aromatic heterocycles. The summed E-state index contributed by atoms with van der Waals surface area (Å²) in [6.45, 7) is 0. The van der Waals surface area contributed by atoms with Gasteiger partial charge in [-0.15, -0.1) is 11.3 Å². The Balaban J connectivity index is 1.34. The van der Waals surface area contributed by atoms with Gasteiger partial charge in [0.15, 0.2) is 0 Å². The van der Waals surface area contributed by atoms with Gasteiger partial charge in [-0.1, -0.05) is 158 Å². The maximum atomic E-state index is 2.46. The second kappa shape index (κ2) is 10.4. The van der Waals surface area contributed by atoms with Crippen molar-refractivity contribution in [2.75, 3.05) is 0 Å².